The number of anilines is 2. The summed E-state index contributed by atoms with van der Waals surface area (Å²) >= 11 is 0. The number of imide groups is 2. The average molecular weight is 516 g/mol. The third-order valence-electron chi connectivity index (χ3n) is 5.43. The SMILES string of the molecule is CCOc1ccc(N2C(=O)NC(=O)/C(=C\c3cccc(OCC(=O)Nc4ccccc4OC)c3)C2=O)cc1. The minimum absolute atomic E-state index is 0.232. The number of rotatable bonds is 9. The van der Waals surface area contributed by atoms with Gasteiger partial charge in [-0.25, -0.2) is 9.69 Å². The van der Waals surface area contributed by atoms with Gasteiger partial charge in [0.2, 0.25) is 0 Å². The highest BCUT2D eigenvalue weighted by Gasteiger charge is 2.36. The summed E-state index contributed by atoms with van der Waals surface area (Å²) in [6, 6.07) is 19.0. The van der Waals surface area contributed by atoms with Crippen LogP contribution in [0.5, 0.6) is 17.2 Å². The predicted molar refractivity (Wildman–Crippen MR) is 140 cm³/mol. The first-order chi connectivity index (χ1) is 18.4. The van der Waals surface area contributed by atoms with E-state index in [4.69, 9.17) is 14.2 Å². The third kappa shape index (κ3) is 5.98. The van der Waals surface area contributed by atoms with Gasteiger partial charge in [-0.2, -0.15) is 0 Å². The fourth-order valence-corrected chi connectivity index (χ4v) is 3.69. The van der Waals surface area contributed by atoms with E-state index in [2.05, 4.69) is 10.6 Å². The van der Waals surface area contributed by atoms with Crippen LogP contribution in [-0.2, 0) is 14.4 Å². The van der Waals surface area contributed by atoms with E-state index >= 15 is 0 Å². The molecule has 0 unspecified atom stereocenters. The number of para-hydroxylation sites is 2. The van der Waals surface area contributed by atoms with Gasteiger partial charge in [0.05, 0.1) is 25.1 Å². The van der Waals surface area contributed by atoms with Gasteiger partial charge in [-0.3, -0.25) is 19.7 Å². The molecule has 1 aliphatic heterocycles. The summed E-state index contributed by atoms with van der Waals surface area (Å²) in [5.41, 5.74) is 1.03. The van der Waals surface area contributed by atoms with Crippen molar-refractivity contribution in [3.05, 3.63) is 83.9 Å². The predicted octanol–water partition coefficient (Wildman–Crippen LogP) is 3.78. The number of benzene rings is 3. The maximum Gasteiger partial charge on any atom is 0.335 e. The lowest BCUT2D eigenvalue weighted by Gasteiger charge is -2.26. The molecule has 1 saturated heterocycles. The van der Waals surface area contributed by atoms with Gasteiger partial charge in [-0.1, -0.05) is 24.3 Å². The van der Waals surface area contributed by atoms with Gasteiger partial charge in [-0.05, 0) is 67.1 Å². The fourth-order valence-electron chi connectivity index (χ4n) is 3.69. The number of amides is 5. The standard InChI is InChI=1S/C28H25N3O7/c1-3-37-20-13-11-19(12-14-20)31-27(34)22(26(33)30-28(31)35)16-18-7-6-8-21(15-18)38-17-25(32)29-23-9-4-5-10-24(23)36-2/h4-16H,3,17H2,1-2H3,(H,29,32)(H,30,33,35)/b22-16+. The van der Waals surface area contributed by atoms with Crippen molar-refractivity contribution in [2.24, 2.45) is 0 Å². The Morgan fingerprint density at radius 1 is 0.947 bits per heavy atom. The lowest BCUT2D eigenvalue weighted by Crippen LogP contribution is -2.54. The molecule has 10 heteroatoms. The molecule has 194 valence electrons. The monoisotopic (exact) mass is 515 g/mol. The molecule has 0 radical (unpaired) electrons. The van der Waals surface area contributed by atoms with Crippen molar-refractivity contribution in [1.29, 1.82) is 0 Å². The van der Waals surface area contributed by atoms with Gasteiger partial charge in [0, 0.05) is 0 Å². The Bertz CT molecular complexity index is 1400. The van der Waals surface area contributed by atoms with Crippen LogP contribution < -0.4 is 29.7 Å². The third-order valence-corrected chi connectivity index (χ3v) is 5.43. The van der Waals surface area contributed by atoms with Crippen LogP contribution >= 0.6 is 0 Å². The van der Waals surface area contributed by atoms with E-state index < -0.39 is 23.8 Å². The number of carbonyl (C=O) groups is 4. The van der Waals surface area contributed by atoms with Crippen molar-refractivity contribution in [3.8, 4) is 17.2 Å². The van der Waals surface area contributed by atoms with E-state index in [1.54, 1.807) is 72.8 Å². The number of methoxy groups -OCH3 is 1. The number of carbonyl (C=O) groups excluding carboxylic acids is 4. The molecule has 1 aliphatic rings. The van der Waals surface area contributed by atoms with Crippen molar-refractivity contribution < 1.29 is 33.4 Å². The van der Waals surface area contributed by atoms with Crippen molar-refractivity contribution in [1.82, 2.24) is 5.32 Å². The van der Waals surface area contributed by atoms with Gasteiger partial charge < -0.3 is 19.5 Å². The number of hydrogen-bond acceptors (Lipinski definition) is 7. The maximum absolute atomic E-state index is 13.1. The zero-order chi connectivity index (χ0) is 27.1. The topological polar surface area (TPSA) is 123 Å². The Morgan fingerprint density at radius 2 is 1.71 bits per heavy atom. The molecular formula is C28H25N3O7. The Kier molecular flexibility index (Phi) is 8.02. The second-order valence-electron chi connectivity index (χ2n) is 7.99. The van der Waals surface area contributed by atoms with Crippen LogP contribution in [0.3, 0.4) is 0 Å². The van der Waals surface area contributed by atoms with Gasteiger partial charge in [0.1, 0.15) is 22.8 Å². The molecule has 0 spiro atoms. The van der Waals surface area contributed by atoms with Gasteiger partial charge in [0.25, 0.3) is 17.7 Å². The number of nitrogens with one attached hydrogen (secondary N) is 2. The highest BCUT2D eigenvalue weighted by Crippen LogP contribution is 2.26. The lowest BCUT2D eigenvalue weighted by molar-refractivity contribution is -0.122. The van der Waals surface area contributed by atoms with Crippen LogP contribution in [0, 0.1) is 0 Å². The molecule has 0 saturated carbocycles. The van der Waals surface area contributed by atoms with Crippen LogP contribution in [0.1, 0.15) is 12.5 Å². The molecule has 4 rings (SSSR count). The van der Waals surface area contributed by atoms with Crippen molar-refractivity contribution in [2.45, 2.75) is 6.92 Å². The van der Waals surface area contributed by atoms with Gasteiger partial charge in [0.15, 0.2) is 6.61 Å². The zero-order valence-electron chi connectivity index (χ0n) is 20.7. The normalized spacial score (nSPS) is 14.2. The first-order valence-electron chi connectivity index (χ1n) is 11.7. The smallest absolute Gasteiger partial charge is 0.335 e. The molecular weight excluding hydrogens is 490 g/mol. The second kappa shape index (κ2) is 11.7. The number of hydrogen-bond donors (Lipinski definition) is 2. The lowest BCUT2D eigenvalue weighted by atomic mass is 10.1. The second-order valence-corrected chi connectivity index (χ2v) is 7.99. The Labute approximate surface area is 218 Å². The van der Waals surface area contributed by atoms with Gasteiger partial charge >= 0.3 is 6.03 Å². The highest BCUT2D eigenvalue weighted by molar-refractivity contribution is 6.39. The minimum atomic E-state index is -0.848. The highest BCUT2D eigenvalue weighted by atomic mass is 16.5. The molecule has 3 aromatic rings. The number of urea groups is 1. The molecule has 1 fully saturated rings. The molecule has 0 atom stereocenters. The molecule has 3 aromatic carbocycles. The summed E-state index contributed by atoms with van der Waals surface area (Å²) in [7, 11) is 1.51. The van der Waals surface area contributed by atoms with Crippen molar-refractivity contribution in [3.63, 3.8) is 0 Å². The Balaban J connectivity index is 1.47. The Hall–Kier alpha value is -5.12. The number of ether oxygens (including phenoxy) is 3. The van der Waals surface area contributed by atoms with E-state index in [1.165, 1.54) is 13.2 Å². The largest absolute Gasteiger partial charge is 0.495 e. The molecule has 1 heterocycles. The summed E-state index contributed by atoms with van der Waals surface area (Å²) in [5, 5.41) is 4.90. The van der Waals surface area contributed by atoms with Gasteiger partial charge in [-0.15, -0.1) is 0 Å². The molecule has 0 aromatic heterocycles. The van der Waals surface area contributed by atoms with E-state index in [1.807, 2.05) is 6.92 Å². The van der Waals surface area contributed by atoms with Crippen molar-refractivity contribution in [2.75, 3.05) is 30.5 Å². The molecule has 5 amide bonds. The molecule has 38 heavy (non-hydrogen) atoms. The van der Waals surface area contributed by atoms with Crippen molar-refractivity contribution >= 4 is 41.2 Å². The summed E-state index contributed by atoms with van der Waals surface area (Å²) in [6.45, 7) is 2.03. The minimum Gasteiger partial charge on any atom is -0.495 e. The molecule has 0 aliphatic carbocycles. The Morgan fingerprint density at radius 3 is 2.45 bits per heavy atom. The summed E-state index contributed by atoms with van der Waals surface area (Å²) in [6.07, 6.45) is 1.35. The van der Waals surface area contributed by atoms with Crippen LogP contribution in [0.15, 0.2) is 78.4 Å². The summed E-state index contributed by atoms with van der Waals surface area (Å²) in [4.78, 5) is 51.3. The van der Waals surface area contributed by atoms with E-state index in [0.29, 0.717) is 35.1 Å². The van der Waals surface area contributed by atoms with Crippen LogP contribution in [0.25, 0.3) is 6.08 Å². The maximum atomic E-state index is 13.1. The van der Waals surface area contributed by atoms with Crippen LogP contribution in [-0.4, -0.2) is 44.1 Å². The molecule has 2 N–H and O–H groups in total. The summed E-state index contributed by atoms with van der Waals surface area (Å²) < 4.78 is 16.2. The van der Waals surface area contributed by atoms with E-state index in [-0.39, 0.29) is 17.9 Å². The van der Waals surface area contributed by atoms with Crippen LogP contribution in [0.4, 0.5) is 16.2 Å². The fraction of sp³-hybridized carbons (Fsp3) is 0.143. The van der Waals surface area contributed by atoms with E-state index in [9.17, 15) is 19.2 Å². The van der Waals surface area contributed by atoms with Crippen LogP contribution in [0.2, 0.25) is 0 Å². The first-order valence-corrected chi connectivity index (χ1v) is 11.7. The molecule has 10 nitrogen and oxygen atoms in total. The molecule has 0 bridgehead atoms. The quantitative estimate of drug-likeness (QED) is 0.328. The summed E-state index contributed by atoms with van der Waals surface area (Å²) in [5.74, 6) is -0.540. The number of nitrogens with zero attached hydrogens (tertiary/aromatic N) is 1. The average Bonchev–Trinajstić information content (AvgIpc) is 2.91. The zero-order valence-corrected chi connectivity index (χ0v) is 20.7. The first kappa shape index (κ1) is 26.0. The van der Waals surface area contributed by atoms with E-state index in [0.717, 1.165) is 4.90 Å². The number of barbiturate groups is 1.